The summed E-state index contributed by atoms with van der Waals surface area (Å²) in [5, 5.41) is 14.2. The first-order valence-corrected chi connectivity index (χ1v) is 13.7. The summed E-state index contributed by atoms with van der Waals surface area (Å²) in [6.45, 7) is 1.19. The molecule has 0 aromatic rings. The van der Waals surface area contributed by atoms with Crippen LogP contribution in [0.3, 0.4) is 0 Å². The van der Waals surface area contributed by atoms with E-state index in [2.05, 4.69) is 10.6 Å². The van der Waals surface area contributed by atoms with E-state index in [1.54, 1.807) is 0 Å². The molecule has 10 heteroatoms. The van der Waals surface area contributed by atoms with Gasteiger partial charge in [0.15, 0.2) is 8.87 Å². The second-order valence-electron chi connectivity index (χ2n) is 7.05. The predicted molar refractivity (Wildman–Crippen MR) is 116 cm³/mol. The predicted octanol–water partition coefficient (Wildman–Crippen LogP) is 2.68. The van der Waals surface area contributed by atoms with Gasteiger partial charge in [-0.3, -0.25) is 14.4 Å². The highest BCUT2D eigenvalue weighted by Crippen LogP contribution is 2.13. The van der Waals surface area contributed by atoms with Crippen molar-refractivity contribution in [2.45, 2.75) is 77.0 Å². The molecular weight excluding hydrogens is 416 g/mol. The van der Waals surface area contributed by atoms with Gasteiger partial charge in [0, 0.05) is 44.4 Å². The summed E-state index contributed by atoms with van der Waals surface area (Å²) in [4.78, 5) is 33.7. The Morgan fingerprint density at radius 2 is 1.17 bits per heavy atom. The first kappa shape index (κ1) is 27.7. The Labute approximate surface area is 178 Å². The van der Waals surface area contributed by atoms with E-state index in [0.717, 1.165) is 62.2 Å². The van der Waals surface area contributed by atoms with Crippen molar-refractivity contribution in [2.75, 3.05) is 25.1 Å². The minimum absolute atomic E-state index is 0.0151. The van der Waals surface area contributed by atoms with Crippen molar-refractivity contribution in [2.24, 2.45) is 0 Å². The van der Waals surface area contributed by atoms with Gasteiger partial charge in [0.25, 0.3) is 0 Å². The molecular formula is C19H36N2O6S2. The van der Waals surface area contributed by atoms with Crippen molar-refractivity contribution >= 4 is 37.4 Å². The van der Waals surface area contributed by atoms with Gasteiger partial charge in [0.2, 0.25) is 11.8 Å². The maximum Gasteiger partial charge on any atom is 0.303 e. The fourth-order valence-electron chi connectivity index (χ4n) is 2.57. The van der Waals surface area contributed by atoms with Crippen LogP contribution in [0, 0.1) is 0 Å². The highest BCUT2D eigenvalue weighted by molar-refractivity contribution is 8.71. The zero-order chi connectivity index (χ0) is 22.0. The van der Waals surface area contributed by atoms with Crippen LogP contribution >= 0.6 is 10.8 Å². The average molecular weight is 453 g/mol. The number of unbranched alkanes of at least 4 members (excludes halogenated alkanes) is 6. The summed E-state index contributed by atoms with van der Waals surface area (Å²) < 4.78 is 21.9. The van der Waals surface area contributed by atoms with Crippen molar-refractivity contribution in [3.63, 3.8) is 0 Å². The van der Waals surface area contributed by atoms with Crippen molar-refractivity contribution in [3.8, 4) is 0 Å². The number of nitrogens with one attached hydrogen (secondary N) is 2. The third kappa shape index (κ3) is 22.9. The Balaban J connectivity index is 3.39. The molecule has 0 aliphatic heterocycles. The largest absolute Gasteiger partial charge is 0.481 e. The van der Waals surface area contributed by atoms with Crippen LogP contribution in [0.5, 0.6) is 0 Å². The van der Waals surface area contributed by atoms with Crippen molar-refractivity contribution < 1.29 is 27.9 Å². The van der Waals surface area contributed by atoms with Crippen molar-refractivity contribution in [1.82, 2.24) is 10.6 Å². The van der Waals surface area contributed by atoms with Gasteiger partial charge in [-0.1, -0.05) is 19.3 Å². The van der Waals surface area contributed by atoms with E-state index < -0.39 is 14.8 Å². The van der Waals surface area contributed by atoms with Crippen LogP contribution in [0.2, 0.25) is 0 Å². The first-order chi connectivity index (χ1) is 13.7. The van der Waals surface area contributed by atoms with Crippen LogP contribution in [0.15, 0.2) is 0 Å². The van der Waals surface area contributed by atoms with Gasteiger partial charge < -0.3 is 15.7 Å². The highest BCUT2D eigenvalue weighted by Gasteiger charge is 2.04. The van der Waals surface area contributed by atoms with Crippen LogP contribution in [-0.4, -0.2) is 56.4 Å². The molecule has 0 rings (SSSR count). The van der Waals surface area contributed by atoms with Crippen molar-refractivity contribution in [3.05, 3.63) is 0 Å². The number of hydrogen-bond donors (Lipinski definition) is 3. The van der Waals surface area contributed by atoms with Gasteiger partial charge in [0.05, 0.1) is 0 Å². The van der Waals surface area contributed by atoms with Gasteiger partial charge in [0.1, 0.15) is 0 Å². The van der Waals surface area contributed by atoms with Crippen LogP contribution in [-0.2, 0) is 23.3 Å². The van der Waals surface area contributed by atoms with Gasteiger partial charge in [-0.15, -0.1) is 0 Å². The maximum atomic E-state index is 11.7. The van der Waals surface area contributed by atoms with Crippen molar-refractivity contribution in [1.29, 1.82) is 0 Å². The molecule has 0 radical (unpaired) electrons. The molecule has 0 spiro atoms. The molecule has 3 N–H and O–H groups in total. The highest BCUT2D eigenvalue weighted by atomic mass is 33.1. The van der Waals surface area contributed by atoms with E-state index in [1.165, 1.54) is 6.26 Å². The standard InChI is InChI=1S/C19H36N2O6S2/c1-29(26,27)28-16-10-4-6-12-18(23)20-14-8-2-5-11-17(22)21-15-9-3-7-13-19(24)25/h2-16H2,1H3,(H,20,23)(H,21,22)(H,24,25). The second-order valence-corrected chi connectivity index (χ2v) is 11.6. The Bertz CT molecular complexity index is 581. The van der Waals surface area contributed by atoms with Gasteiger partial charge in [-0.2, -0.15) is 0 Å². The normalized spacial score (nSPS) is 11.2. The molecule has 0 atom stereocenters. The number of rotatable bonds is 19. The summed E-state index contributed by atoms with van der Waals surface area (Å²) in [6.07, 6.45) is 9.39. The Hall–Kier alpha value is -1.29. The lowest BCUT2D eigenvalue weighted by Gasteiger charge is -2.06. The van der Waals surface area contributed by atoms with Crippen LogP contribution in [0.1, 0.15) is 77.0 Å². The third-order valence-corrected chi connectivity index (χ3v) is 6.81. The molecule has 0 saturated heterocycles. The number of carboxylic acids is 1. The SMILES string of the molecule is CS(=O)(=O)SCCCCCC(=O)NCCCCCC(=O)NCCCCCC(=O)O. The third-order valence-electron chi connectivity index (χ3n) is 4.14. The van der Waals surface area contributed by atoms with E-state index in [9.17, 15) is 22.8 Å². The number of carbonyl (C=O) groups is 3. The number of carbonyl (C=O) groups excluding carboxylic acids is 2. The van der Waals surface area contributed by atoms with Gasteiger partial charge in [-0.25, -0.2) is 8.42 Å². The van der Waals surface area contributed by atoms with Gasteiger partial charge >= 0.3 is 5.97 Å². The molecule has 0 aromatic heterocycles. The molecule has 8 nitrogen and oxygen atoms in total. The quantitative estimate of drug-likeness (QED) is 0.203. The number of carboxylic acid groups (broad SMARTS) is 1. The Morgan fingerprint density at radius 3 is 1.62 bits per heavy atom. The molecule has 0 aliphatic rings. The zero-order valence-corrected chi connectivity index (χ0v) is 19.0. The molecule has 0 aliphatic carbocycles. The zero-order valence-electron chi connectivity index (χ0n) is 17.4. The molecule has 0 unspecified atom stereocenters. The minimum Gasteiger partial charge on any atom is -0.481 e. The Morgan fingerprint density at radius 1 is 0.724 bits per heavy atom. The van der Waals surface area contributed by atoms with E-state index in [-0.39, 0.29) is 18.2 Å². The molecule has 0 bridgehead atoms. The molecule has 29 heavy (non-hydrogen) atoms. The van der Waals surface area contributed by atoms with E-state index in [1.807, 2.05) is 0 Å². The number of hydrogen-bond acceptors (Lipinski definition) is 6. The maximum absolute atomic E-state index is 11.7. The minimum atomic E-state index is -2.97. The van der Waals surface area contributed by atoms with E-state index in [0.29, 0.717) is 38.1 Å². The van der Waals surface area contributed by atoms with E-state index >= 15 is 0 Å². The number of aliphatic carboxylic acids is 1. The number of amides is 2. The molecule has 0 aromatic carbocycles. The summed E-state index contributed by atoms with van der Waals surface area (Å²) in [5.74, 6) is -0.187. The van der Waals surface area contributed by atoms with E-state index in [4.69, 9.17) is 5.11 Å². The lowest BCUT2D eigenvalue weighted by atomic mass is 10.1. The summed E-state index contributed by atoms with van der Waals surface area (Å²) in [5.41, 5.74) is 0. The lowest BCUT2D eigenvalue weighted by molar-refractivity contribution is -0.137. The van der Waals surface area contributed by atoms with Crippen LogP contribution < -0.4 is 10.6 Å². The fraction of sp³-hybridized carbons (Fsp3) is 0.842. The lowest BCUT2D eigenvalue weighted by Crippen LogP contribution is -2.25. The van der Waals surface area contributed by atoms with Crippen LogP contribution in [0.4, 0.5) is 0 Å². The summed E-state index contributed by atoms with van der Waals surface area (Å²) >= 11 is 0. The molecule has 170 valence electrons. The monoisotopic (exact) mass is 452 g/mol. The summed E-state index contributed by atoms with van der Waals surface area (Å²) in [7, 11) is -2.02. The molecule has 0 fully saturated rings. The summed E-state index contributed by atoms with van der Waals surface area (Å²) in [6, 6.07) is 0. The second kappa shape index (κ2) is 17.6. The molecule has 0 saturated carbocycles. The molecule has 0 heterocycles. The van der Waals surface area contributed by atoms with Crippen LogP contribution in [0.25, 0.3) is 0 Å². The Kier molecular flexibility index (Phi) is 16.8. The molecule has 2 amide bonds. The fourth-order valence-corrected chi connectivity index (χ4v) is 4.46. The first-order valence-electron chi connectivity index (χ1n) is 10.3. The smallest absolute Gasteiger partial charge is 0.303 e. The average Bonchev–Trinajstić information content (AvgIpc) is 2.62. The van der Waals surface area contributed by atoms with Gasteiger partial charge in [-0.05, 0) is 49.3 Å². The topological polar surface area (TPSA) is 130 Å².